The van der Waals surface area contributed by atoms with Crippen molar-refractivity contribution in [3.63, 3.8) is 0 Å². The Hall–Kier alpha value is -2.36. The summed E-state index contributed by atoms with van der Waals surface area (Å²) in [5.74, 6) is -1.37. The van der Waals surface area contributed by atoms with Gasteiger partial charge in [0.1, 0.15) is 11.6 Å². The van der Waals surface area contributed by atoms with E-state index in [-0.39, 0.29) is 5.82 Å². The zero-order valence-electron chi connectivity index (χ0n) is 12.7. The Labute approximate surface area is 129 Å². The van der Waals surface area contributed by atoms with E-state index in [2.05, 4.69) is 0 Å². The Morgan fingerprint density at radius 2 is 1.91 bits per heavy atom. The van der Waals surface area contributed by atoms with E-state index >= 15 is 0 Å². The second-order valence-electron chi connectivity index (χ2n) is 5.15. The van der Waals surface area contributed by atoms with Crippen LogP contribution in [0.4, 0.5) is 4.39 Å². The maximum atomic E-state index is 13.0. The number of aryl methyl sites for hydroxylation is 1. The van der Waals surface area contributed by atoms with Crippen LogP contribution in [-0.4, -0.2) is 18.2 Å². The Bertz CT molecular complexity index is 650. The monoisotopic (exact) mass is 302 g/mol. The van der Waals surface area contributed by atoms with Crippen LogP contribution in [0.2, 0.25) is 0 Å². The summed E-state index contributed by atoms with van der Waals surface area (Å²) in [6.07, 6.45) is 1.17. The summed E-state index contributed by atoms with van der Waals surface area (Å²) in [5, 5.41) is 9.51. The smallest absolute Gasteiger partial charge is 0.311 e. The van der Waals surface area contributed by atoms with E-state index in [1.807, 2.05) is 25.1 Å². The summed E-state index contributed by atoms with van der Waals surface area (Å²) < 4.78 is 18.4. The molecule has 0 aliphatic carbocycles. The summed E-state index contributed by atoms with van der Waals surface area (Å²) >= 11 is 0. The van der Waals surface area contributed by atoms with Crippen LogP contribution < -0.4 is 4.74 Å². The van der Waals surface area contributed by atoms with E-state index in [1.54, 1.807) is 7.11 Å². The molecule has 0 aliphatic rings. The van der Waals surface area contributed by atoms with Gasteiger partial charge in [0.15, 0.2) is 0 Å². The number of hydrogen-bond donors (Lipinski definition) is 1. The zero-order valence-corrected chi connectivity index (χ0v) is 12.7. The van der Waals surface area contributed by atoms with Gasteiger partial charge >= 0.3 is 5.97 Å². The van der Waals surface area contributed by atoms with Crippen molar-refractivity contribution in [3.8, 4) is 5.75 Å². The molecule has 0 saturated heterocycles. The van der Waals surface area contributed by atoms with Gasteiger partial charge < -0.3 is 9.84 Å². The van der Waals surface area contributed by atoms with Crippen molar-refractivity contribution in [2.24, 2.45) is 0 Å². The van der Waals surface area contributed by atoms with Crippen LogP contribution in [0.1, 0.15) is 29.5 Å². The standard InChI is InChI=1S/C18H19FO3/c1-3-12-4-9-17(22-2)14(10-12)11-16(18(20)21)13-5-7-15(19)8-6-13/h4-10,16H,3,11H2,1-2H3,(H,20,21). The number of halogens is 1. The summed E-state index contributed by atoms with van der Waals surface area (Å²) in [7, 11) is 1.57. The molecule has 116 valence electrons. The second-order valence-corrected chi connectivity index (χ2v) is 5.15. The van der Waals surface area contributed by atoms with Crippen molar-refractivity contribution in [1.82, 2.24) is 0 Å². The molecule has 2 aromatic rings. The van der Waals surface area contributed by atoms with Crippen molar-refractivity contribution in [2.75, 3.05) is 7.11 Å². The van der Waals surface area contributed by atoms with Crippen LogP contribution in [0.5, 0.6) is 5.75 Å². The highest BCUT2D eigenvalue weighted by Crippen LogP contribution is 2.28. The molecule has 0 radical (unpaired) electrons. The average molecular weight is 302 g/mol. The summed E-state index contributed by atoms with van der Waals surface area (Å²) in [4.78, 5) is 11.6. The number of carboxylic acid groups (broad SMARTS) is 1. The largest absolute Gasteiger partial charge is 0.496 e. The van der Waals surface area contributed by atoms with Gasteiger partial charge in [-0.3, -0.25) is 4.79 Å². The molecule has 4 heteroatoms. The fourth-order valence-corrected chi connectivity index (χ4v) is 2.47. The first-order chi connectivity index (χ1) is 10.5. The topological polar surface area (TPSA) is 46.5 Å². The van der Waals surface area contributed by atoms with Gasteiger partial charge in [0.2, 0.25) is 0 Å². The fourth-order valence-electron chi connectivity index (χ4n) is 2.47. The van der Waals surface area contributed by atoms with Crippen LogP contribution in [-0.2, 0) is 17.6 Å². The maximum absolute atomic E-state index is 13.0. The summed E-state index contributed by atoms with van der Waals surface area (Å²) in [6, 6.07) is 11.4. The minimum Gasteiger partial charge on any atom is -0.496 e. The lowest BCUT2D eigenvalue weighted by atomic mass is 9.90. The molecule has 0 heterocycles. The quantitative estimate of drug-likeness (QED) is 0.882. The van der Waals surface area contributed by atoms with Crippen LogP contribution in [0.3, 0.4) is 0 Å². The van der Waals surface area contributed by atoms with E-state index < -0.39 is 11.9 Å². The Kier molecular flexibility index (Phi) is 5.15. The van der Waals surface area contributed by atoms with Crippen molar-refractivity contribution >= 4 is 5.97 Å². The number of carbonyl (C=O) groups is 1. The minimum absolute atomic E-state index is 0.304. The van der Waals surface area contributed by atoms with Gasteiger partial charge in [0.05, 0.1) is 13.0 Å². The van der Waals surface area contributed by atoms with Crippen molar-refractivity contribution in [1.29, 1.82) is 0 Å². The SMILES string of the molecule is CCc1ccc(OC)c(CC(C(=O)O)c2ccc(F)cc2)c1. The normalized spacial score (nSPS) is 12.0. The third-order valence-electron chi connectivity index (χ3n) is 3.75. The van der Waals surface area contributed by atoms with E-state index in [9.17, 15) is 14.3 Å². The highest BCUT2D eigenvalue weighted by molar-refractivity contribution is 5.76. The highest BCUT2D eigenvalue weighted by atomic mass is 19.1. The maximum Gasteiger partial charge on any atom is 0.311 e. The molecule has 1 unspecified atom stereocenters. The molecule has 1 N–H and O–H groups in total. The summed E-state index contributed by atoms with van der Waals surface area (Å²) in [6.45, 7) is 2.04. The molecule has 0 aliphatic heterocycles. The van der Waals surface area contributed by atoms with E-state index in [0.717, 1.165) is 17.5 Å². The molecule has 0 fully saturated rings. The van der Waals surface area contributed by atoms with Crippen LogP contribution in [0, 0.1) is 5.82 Å². The molecule has 22 heavy (non-hydrogen) atoms. The zero-order chi connectivity index (χ0) is 16.1. The average Bonchev–Trinajstić information content (AvgIpc) is 2.53. The van der Waals surface area contributed by atoms with Gasteiger partial charge in [-0.2, -0.15) is 0 Å². The first kappa shape index (κ1) is 16.0. The van der Waals surface area contributed by atoms with Gasteiger partial charge in [-0.25, -0.2) is 4.39 Å². The summed E-state index contributed by atoms with van der Waals surface area (Å²) in [5.41, 5.74) is 2.55. The molecule has 0 spiro atoms. The minimum atomic E-state index is -0.935. The molecule has 0 saturated carbocycles. The van der Waals surface area contributed by atoms with Crippen molar-refractivity contribution < 1.29 is 19.0 Å². The van der Waals surface area contributed by atoms with Gasteiger partial charge in [0, 0.05) is 0 Å². The molecule has 0 bridgehead atoms. The second kappa shape index (κ2) is 7.07. The van der Waals surface area contributed by atoms with Crippen LogP contribution >= 0.6 is 0 Å². The molecule has 0 amide bonds. The number of ether oxygens (including phenoxy) is 1. The lowest BCUT2D eigenvalue weighted by Crippen LogP contribution is -2.15. The fraction of sp³-hybridized carbons (Fsp3) is 0.278. The third-order valence-corrected chi connectivity index (χ3v) is 3.75. The molecule has 1 atom stereocenters. The molecule has 3 nitrogen and oxygen atoms in total. The first-order valence-electron chi connectivity index (χ1n) is 7.19. The predicted molar refractivity (Wildman–Crippen MR) is 82.9 cm³/mol. The Balaban J connectivity index is 2.35. The number of rotatable bonds is 6. The Morgan fingerprint density at radius 1 is 1.23 bits per heavy atom. The van der Waals surface area contributed by atoms with Crippen molar-refractivity contribution in [3.05, 3.63) is 65.0 Å². The number of carboxylic acids is 1. The molecular formula is C18H19FO3. The van der Waals surface area contributed by atoms with E-state index in [4.69, 9.17) is 4.74 Å². The van der Waals surface area contributed by atoms with Gasteiger partial charge in [-0.15, -0.1) is 0 Å². The van der Waals surface area contributed by atoms with Crippen LogP contribution in [0.25, 0.3) is 0 Å². The predicted octanol–water partition coefficient (Wildman–Crippen LogP) is 3.81. The number of hydrogen-bond acceptors (Lipinski definition) is 2. The van der Waals surface area contributed by atoms with Crippen LogP contribution in [0.15, 0.2) is 42.5 Å². The van der Waals surface area contributed by atoms with Crippen molar-refractivity contribution in [2.45, 2.75) is 25.7 Å². The Morgan fingerprint density at radius 3 is 2.45 bits per heavy atom. The van der Waals surface area contributed by atoms with Gasteiger partial charge in [-0.1, -0.05) is 31.2 Å². The third kappa shape index (κ3) is 3.64. The molecule has 0 aromatic heterocycles. The lowest BCUT2D eigenvalue weighted by molar-refractivity contribution is -0.138. The number of aliphatic carboxylic acids is 1. The van der Waals surface area contributed by atoms with E-state index in [1.165, 1.54) is 24.3 Å². The molecule has 2 rings (SSSR count). The molecular weight excluding hydrogens is 283 g/mol. The molecule has 2 aromatic carbocycles. The number of benzene rings is 2. The van der Waals surface area contributed by atoms with E-state index in [0.29, 0.717) is 17.7 Å². The first-order valence-corrected chi connectivity index (χ1v) is 7.19. The lowest BCUT2D eigenvalue weighted by Gasteiger charge is -2.16. The highest BCUT2D eigenvalue weighted by Gasteiger charge is 2.22. The van der Waals surface area contributed by atoms with Gasteiger partial charge in [0.25, 0.3) is 0 Å². The van der Waals surface area contributed by atoms with Gasteiger partial charge in [-0.05, 0) is 47.7 Å². The number of methoxy groups -OCH3 is 1.